The highest BCUT2D eigenvalue weighted by molar-refractivity contribution is 5.89. The Bertz CT molecular complexity index is 1090. The van der Waals surface area contributed by atoms with E-state index in [1.807, 2.05) is 13.1 Å². The van der Waals surface area contributed by atoms with Crippen LogP contribution in [0, 0.1) is 0 Å². The highest BCUT2D eigenvalue weighted by Gasteiger charge is 2.72. The summed E-state index contributed by atoms with van der Waals surface area (Å²) in [6.45, 7) is 0.776. The number of carbonyl (C=O) groups is 1. The number of carbonyl (C=O) groups excluding carboxylic acids is 1. The Morgan fingerprint density at radius 1 is 1.37 bits per heavy atom. The van der Waals surface area contributed by atoms with Crippen LogP contribution in [0.3, 0.4) is 0 Å². The second kappa shape index (κ2) is 5.83. The van der Waals surface area contributed by atoms with Gasteiger partial charge in [-0.2, -0.15) is 0 Å². The van der Waals surface area contributed by atoms with Crippen LogP contribution in [0.1, 0.15) is 27.9 Å². The van der Waals surface area contributed by atoms with Crippen LogP contribution in [0.25, 0.3) is 0 Å². The number of piperidine rings is 1. The van der Waals surface area contributed by atoms with E-state index < -0.39 is 29.2 Å². The van der Waals surface area contributed by atoms with E-state index in [4.69, 9.17) is 9.47 Å². The molecule has 0 unspecified atom stereocenters. The predicted octanol–water partition coefficient (Wildman–Crippen LogP) is 1.57. The topological polar surface area (TPSA) is 92.1 Å². The fourth-order valence-corrected chi connectivity index (χ4v) is 6.04. The molecule has 6 rings (SSSR count). The molecule has 154 valence electrons. The van der Waals surface area contributed by atoms with Crippen LogP contribution >= 0.6 is 0 Å². The summed E-state index contributed by atoms with van der Waals surface area (Å²) >= 11 is 0. The van der Waals surface area contributed by atoms with E-state index in [0.29, 0.717) is 24.2 Å². The lowest BCUT2D eigenvalue weighted by atomic mass is 9.50. The molecule has 2 aliphatic carbocycles. The number of rotatable bonds is 2. The number of likely N-dealkylation sites (N-methyl/N-ethyl adjacent to an activating group) is 1. The number of esters is 1. The van der Waals surface area contributed by atoms with Gasteiger partial charge in [-0.1, -0.05) is 12.1 Å². The number of likely N-dealkylation sites (tertiary alicyclic amines) is 1. The Labute approximate surface area is 173 Å². The molecule has 0 amide bonds. The van der Waals surface area contributed by atoms with Gasteiger partial charge in [-0.3, -0.25) is 9.88 Å². The number of hydrogen-bond acceptors (Lipinski definition) is 7. The van der Waals surface area contributed by atoms with Crippen molar-refractivity contribution < 1.29 is 24.5 Å². The minimum atomic E-state index is -1.17. The van der Waals surface area contributed by atoms with E-state index in [-0.39, 0.29) is 11.8 Å². The maximum atomic E-state index is 12.7. The van der Waals surface area contributed by atoms with E-state index in [2.05, 4.69) is 9.88 Å². The standard InChI is InChI=1S/C23H22N2O5/c1-25-10-8-22-18-13-4-5-15(26)19(18)30-20(22)16(6-7-23(22,28)17(25)11-13)29-21(27)14-3-2-9-24-12-14/h2-7,9,12,16-17,20,26,28H,8,10-11H2,1H3/t16-,17-,20+,22+,23-/m1/s1. The Morgan fingerprint density at radius 2 is 2.23 bits per heavy atom. The van der Waals surface area contributed by atoms with Gasteiger partial charge in [-0.25, -0.2) is 4.79 Å². The molecule has 1 fully saturated rings. The minimum Gasteiger partial charge on any atom is -0.504 e. The highest BCUT2D eigenvalue weighted by atomic mass is 16.6. The molecule has 0 radical (unpaired) electrons. The van der Waals surface area contributed by atoms with E-state index in [0.717, 1.165) is 17.7 Å². The molecule has 30 heavy (non-hydrogen) atoms. The van der Waals surface area contributed by atoms with Crippen molar-refractivity contribution in [2.45, 2.75) is 42.1 Å². The molecule has 5 atom stereocenters. The number of nitrogens with zero attached hydrogens (tertiary/aromatic N) is 2. The largest absolute Gasteiger partial charge is 0.504 e. The molecule has 1 aromatic carbocycles. The van der Waals surface area contributed by atoms with Crippen molar-refractivity contribution in [1.82, 2.24) is 9.88 Å². The van der Waals surface area contributed by atoms with Gasteiger partial charge in [0.1, 0.15) is 5.60 Å². The smallest absolute Gasteiger partial charge is 0.340 e. The van der Waals surface area contributed by atoms with Crippen LogP contribution < -0.4 is 4.74 Å². The van der Waals surface area contributed by atoms with Gasteiger partial charge in [0.25, 0.3) is 0 Å². The zero-order valence-electron chi connectivity index (χ0n) is 16.5. The third-order valence-corrected chi connectivity index (χ3v) is 7.41. The SMILES string of the molecule is CN1CC[C@]23c4c5ccc(O)c4O[C@H]2[C@H](OC(=O)c2cccnc2)C=C[C@@]3(O)[C@H]1C5. The number of aliphatic hydroxyl groups is 1. The monoisotopic (exact) mass is 406 g/mol. The Morgan fingerprint density at radius 3 is 3.03 bits per heavy atom. The maximum Gasteiger partial charge on any atom is 0.340 e. The van der Waals surface area contributed by atoms with E-state index in [9.17, 15) is 15.0 Å². The van der Waals surface area contributed by atoms with Gasteiger partial charge in [0.2, 0.25) is 0 Å². The minimum absolute atomic E-state index is 0.0505. The molecule has 1 spiro atoms. The quantitative estimate of drug-likeness (QED) is 0.578. The van der Waals surface area contributed by atoms with Gasteiger partial charge >= 0.3 is 5.97 Å². The molecule has 3 heterocycles. The molecule has 0 saturated carbocycles. The first-order chi connectivity index (χ1) is 14.5. The molecule has 2 bridgehead atoms. The summed E-state index contributed by atoms with van der Waals surface area (Å²) in [4.78, 5) is 18.9. The molecule has 2 aliphatic heterocycles. The van der Waals surface area contributed by atoms with Crippen molar-refractivity contribution in [2.75, 3.05) is 13.6 Å². The van der Waals surface area contributed by atoms with Crippen LogP contribution in [0.4, 0.5) is 0 Å². The van der Waals surface area contributed by atoms with Gasteiger partial charge < -0.3 is 19.7 Å². The summed E-state index contributed by atoms with van der Waals surface area (Å²) in [7, 11) is 2.02. The third kappa shape index (κ3) is 2.01. The summed E-state index contributed by atoms with van der Waals surface area (Å²) in [5, 5.41) is 22.5. The Balaban J connectivity index is 1.49. The predicted molar refractivity (Wildman–Crippen MR) is 106 cm³/mol. The third-order valence-electron chi connectivity index (χ3n) is 7.41. The van der Waals surface area contributed by atoms with Crippen LogP contribution in [-0.2, 0) is 16.6 Å². The Kier molecular flexibility index (Phi) is 3.48. The van der Waals surface area contributed by atoms with Crippen molar-refractivity contribution in [3.63, 3.8) is 0 Å². The summed E-state index contributed by atoms with van der Waals surface area (Å²) in [5.74, 6) is -0.0384. The van der Waals surface area contributed by atoms with E-state index >= 15 is 0 Å². The molecule has 1 saturated heterocycles. The van der Waals surface area contributed by atoms with Gasteiger partial charge in [-0.05, 0) is 56.3 Å². The number of phenolic OH excluding ortho intramolecular Hbond substituents is 1. The number of aromatic hydroxyl groups is 1. The lowest BCUT2D eigenvalue weighted by Crippen LogP contribution is -2.75. The van der Waals surface area contributed by atoms with Gasteiger partial charge in [-0.15, -0.1) is 0 Å². The molecule has 7 heteroatoms. The van der Waals surface area contributed by atoms with Crippen LogP contribution in [0.5, 0.6) is 11.5 Å². The molecule has 4 aliphatic rings. The number of phenols is 1. The molecule has 7 nitrogen and oxygen atoms in total. The van der Waals surface area contributed by atoms with Gasteiger partial charge in [0, 0.05) is 24.0 Å². The zero-order chi connectivity index (χ0) is 20.7. The average molecular weight is 406 g/mol. The average Bonchev–Trinajstić information content (AvgIpc) is 3.11. The summed E-state index contributed by atoms with van der Waals surface area (Å²) in [5.41, 5.74) is 0.340. The normalized spacial score (nSPS) is 35.5. The van der Waals surface area contributed by atoms with Gasteiger partial charge in [0.15, 0.2) is 23.7 Å². The van der Waals surface area contributed by atoms with Crippen LogP contribution in [0.15, 0.2) is 48.8 Å². The lowest BCUT2D eigenvalue weighted by Gasteiger charge is -2.61. The summed E-state index contributed by atoms with van der Waals surface area (Å²) < 4.78 is 12.1. The number of ether oxygens (including phenoxy) is 2. The van der Waals surface area contributed by atoms with Crippen LogP contribution in [-0.4, -0.2) is 63.5 Å². The molecule has 2 N–H and O–H groups in total. The molecular formula is C23H22N2O5. The summed E-state index contributed by atoms with van der Waals surface area (Å²) in [6, 6.07) is 6.78. The lowest BCUT2D eigenvalue weighted by molar-refractivity contribution is -0.152. The first kappa shape index (κ1) is 17.9. The first-order valence-electron chi connectivity index (χ1n) is 10.2. The number of hydrogen-bond donors (Lipinski definition) is 2. The van der Waals surface area contributed by atoms with Crippen molar-refractivity contribution in [3.8, 4) is 11.5 Å². The molecular weight excluding hydrogens is 384 g/mol. The number of aromatic nitrogens is 1. The van der Waals surface area contributed by atoms with Crippen molar-refractivity contribution in [2.24, 2.45) is 0 Å². The van der Waals surface area contributed by atoms with Crippen LogP contribution in [0.2, 0.25) is 0 Å². The first-order valence-corrected chi connectivity index (χ1v) is 10.2. The fraction of sp³-hybridized carbons (Fsp3) is 0.391. The fourth-order valence-electron chi connectivity index (χ4n) is 6.04. The van der Waals surface area contributed by atoms with Crippen molar-refractivity contribution in [3.05, 3.63) is 65.5 Å². The summed E-state index contributed by atoms with van der Waals surface area (Å²) in [6.07, 6.45) is 6.57. The van der Waals surface area contributed by atoms with Crippen molar-refractivity contribution >= 4 is 5.97 Å². The van der Waals surface area contributed by atoms with Gasteiger partial charge in [0.05, 0.1) is 11.0 Å². The highest BCUT2D eigenvalue weighted by Crippen LogP contribution is 2.64. The second-order valence-corrected chi connectivity index (χ2v) is 8.70. The maximum absolute atomic E-state index is 12.7. The number of benzene rings is 1. The van der Waals surface area contributed by atoms with E-state index in [1.165, 1.54) is 6.20 Å². The molecule has 2 aromatic rings. The zero-order valence-corrected chi connectivity index (χ0v) is 16.5. The second-order valence-electron chi connectivity index (χ2n) is 8.70. The number of pyridine rings is 1. The molecule has 1 aromatic heterocycles. The Hall–Kier alpha value is -2.90. The van der Waals surface area contributed by atoms with Crippen molar-refractivity contribution in [1.29, 1.82) is 0 Å². The van der Waals surface area contributed by atoms with E-state index in [1.54, 1.807) is 36.5 Å².